The number of carbonyl (C=O) groups is 1. The van der Waals surface area contributed by atoms with Gasteiger partial charge in [-0.15, -0.1) is 0 Å². The molecule has 5 rings (SSSR count). The van der Waals surface area contributed by atoms with Crippen molar-refractivity contribution in [2.24, 2.45) is 11.8 Å². The van der Waals surface area contributed by atoms with Gasteiger partial charge in [0.05, 0.1) is 19.2 Å². The summed E-state index contributed by atoms with van der Waals surface area (Å²) in [5.41, 5.74) is 5.42. The smallest absolute Gasteiger partial charge is 0.306 e. The van der Waals surface area contributed by atoms with Crippen LogP contribution < -0.4 is 9.47 Å². The van der Waals surface area contributed by atoms with Gasteiger partial charge in [0.15, 0.2) is 0 Å². The molecular formula is C34H41FN2O4. The Morgan fingerprint density at radius 3 is 2.56 bits per heavy atom. The molecule has 1 aromatic heterocycles. The number of carboxylic acids is 1. The van der Waals surface area contributed by atoms with Crippen LogP contribution in [0.1, 0.15) is 81.2 Å². The van der Waals surface area contributed by atoms with Crippen LogP contribution in [0, 0.1) is 17.7 Å². The Kier molecular flexibility index (Phi) is 8.11. The van der Waals surface area contributed by atoms with Crippen LogP contribution in [0.4, 0.5) is 4.39 Å². The van der Waals surface area contributed by atoms with E-state index in [4.69, 9.17) is 9.47 Å². The van der Waals surface area contributed by atoms with Gasteiger partial charge in [0.2, 0.25) is 5.88 Å². The van der Waals surface area contributed by atoms with Crippen molar-refractivity contribution in [1.29, 1.82) is 0 Å². The molecule has 0 bridgehead atoms. The fourth-order valence-electron chi connectivity index (χ4n) is 5.84. The molecular weight excluding hydrogens is 519 g/mol. The van der Waals surface area contributed by atoms with Crippen LogP contribution in [-0.4, -0.2) is 40.7 Å². The van der Waals surface area contributed by atoms with E-state index in [1.54, 1.807) is 6.07 Å². The second-order valence-electron chi connectivity index (χ2n) is 12.7. The molecule has 41 heavy (non-hydrogen) atoms. The lowest BCUT2D eigenvalue weighted by Gasteiger charge is -2.33. The zero-order valence-electron chi connectivity index (χ0n) is 24.9. The second kappa shape index (κ2) is 11.4. The van der Waals surface area contributed by atoms with Gasteiger partial charge in [-0.1, -0.05) is 37.3 Å². The topological polar surface area (TPSA) is 71.9 Å². The molecule has 1 aliphatic heterocycles. The lowest BCUT2D eigenvalue weighted by atomic mass is 9.82. The van der Waals surface area contributed by atoms with Gasteiger partial charge in [-0.05, 0) is 99.2 Å². The van der Waals surface area contributed by atoms with Crippen LogP contribution in [0.15, 0.2) is 48.7 Å². The van der Waals surface area contributed by atoms with Gasteiger partial charge < -0.3 is 14.6 Å². The summed E-state index contributed by atoms with van der Waals surface area (Å²) in [6.07, 6.45) is 4.90. The number of rotatable bonds is 9. The van der Waals surface area contributed by atoms with E-state index >= 15 is 4.39 Å². The highest BCUT2D eigenvalue weighted by atomic mass is 19.1. The number of pyridine rings is 1. The van der Waals surface area contributed by atoms with Gasteiger partial charge in [0.1, 0.15) is 17.7 Å². The number of aryl methyl sites for hydroxylation is 1. The van der Waals surface area contributed by atoms with Crippen molar-refractivity contribution >= 4 is 5.97 Å². The quantitative estimate of drug-likeness (QED) is 0.294. The number of methoxy groups -OCH3 is 1. The molecule has 2 aliphatic rings. The van der Waals surface area contributed by atoms with Crippen molar-refractivity contribution in [1.82, 2.24) is 9.88 Å². The molecule has 1 aliphatic carbocycles. The Morgan fingerprint density at radius 2 is 1.90 bits per heavy atom. The van der Waals surface area contributed by atoms with Crippen LogP contribution >= 0.6 is 0 Å². The molecule has 3 aromatic rings. The summed E-state index contributed by atoms with van der Waals surface area (Å²) >= 11 is 0. The van der Waals surface area contributed by atoms with Gasteiger partial charge in [0.25, 0.3) is 0 Å². The molecule has 218 valence electrons. The first kappa shape index (κ1) is 29.1. The fraction of sp³-hybridized carbons (Fsp3) is 0.471. The molecule has 3 atom stereocenters. The molecule has 2 aromatic carbocycles. The number of halogens is 1. The van der Waals surface area contributed by atoms with Crippen LogP contribution in [0.2, 0.25) is 0 Å². The van der Waals surface area contributed by atoms with Crippen molar-refractivity contribution in [3.8, 4) is 22.8 Å². The third-order valence-corrected chi connectivity index (χ3v) is 8.86. The van der Waals surface area contributed by atoms with Crippen molar-refractivity contribution in [3.63, 3.8) is 0 Å². The van der Waals surface area contributed by atoms with E-state index in [1.807, 2.05) is 19.1 Å². The number of nitrogens with zero attached hydrogens (tertiary/aromatic N) is 2. The van der Waals surface area contributed by atoms with Gasteiger partial charge in [0, 0.05) is 23.7 Å². The maximum Gasteiger partial charge on any atom is 0.306 e. The maximum absolute atomic E-state index is 15.0. The largest absolute Gasteiger partial charge is 0.485 e. The molecule has 0 amide bonds. The highest BCUT2D eigenvalue weighted by Crippen LogP contribution is 2.48. The highest BCUT2D eigenvalue weighted by molar-refractivity contribution is 5.71. The van der Waals surface area contributed by atoms with E-state index in [-0.39, 0.29) is 17.6 Å². The number of ether oxygens (including phenoxy) is 2. The number of fused-ring (bicyclic) bond motifs is 1. The Morgan fingerprint density at radius 1 is 1.15 bits per heavy atom. The van der Waals surface area contributed by atoms with E-state index in [0.29, 0.717) is 23.9 Å². The molecule has 1 saturated carbocycles. The summed E-state index contributed by atoms with van der Waals surface area (Å²) in [5.74, 6) is 0.0224. The van der Waals surface area contributed by atoms with E-state index in [9.17, 15) is 9.90 Å². The Labute approximate surface area is 242 Å². The average Bonchev–Trinajstić information content (AvgIpc) is 3.78. The maximum atomic E-state index is 15.0. The predicted octanol–water partition coefficient (Wildman–Crippen LogP) is 7.41. The van der Waals surface area contributed by atoms with Crippen molar-refractivity contribution in [3.05, 3.63) is 76.7 Å². The van der Waals surface area contributed by atoms with Gasteiger partial charge in [-0.3, -0.25) is 9.69 Å². The summed E-state index contributed by atoms with van der Waals surface area (Å²) in [6, 6.07) is 14.1. The second-order valence-corrected chi connectivity index (χ2v) is 12.7. The highest BCUT2D eigenvalue weighted by Gasteiger charge is 2.39. The minimum Gasteiger partial charge on any atom is -0.485 e. The first-order valence-electron chi connectivity index (χ1n) is 14.5. The van der Waals surface area contributed by atoms with Crippen LogP contribution in [-0.2, 0) is 17.8 Å². The fourth-order valence-corrected chi connectivity index (χ4v) is 5.84. The SMILES string of the molecule is COc1cc(-c2ccc([C@@H]3CCc4ccc(C(C5CC5)[C@@H](C)C(=O)O)cc4O3)cc2CN(C)C(C)(C)C)c(F)cn1. The third kappa shape index (κ3) is 6.25. The van der Waals surface area contributed by atoms with Gasteiger partial charge in [-0.25, -0.2) is 9.37 Å². The Bertz CT molecular complexity index is 1430. The number of benzene rings is 2. The first-order valence-corrected chi connectivity index (χ1v) is 14.5. The molecule has 1 unspecified atom stereocenters. The number of hydrogen-bond acceptors (Lipinski definition) is 5. The molecule has 7 heteroatoms. The van der Waals surface area contributed by atoms with Crippen LogP contribution in [0.5, 0.6) is 11.6 Å². The number of hydrogen-bond donors (Lipinski definition) is 1. The molecule has 0 radical (unpaired) electrons. The molecule has 0 spiro atoms. The standard InChI is InChI=1S/C34H41FN2O4/c1-20(33(38)39)32(22-8-9-22)24-10-7-21-12-14-29(41-30(21)16-24)23-11-13-26(25(15-23)19-37(5)34(2,3)4)27-17-31(40-6)36-18-28(27)35/h7,10-11,13,15-18,20,22,29,32H,8-9,12,14,19H2,1-6H3,(H,38,39)/t20-,29+,32?/m1/s1. The third-order valence-electron chi connectivity index (χ3n) is 8.86. The molecule has 0 saturated heterocycles. The summed E-state index contributed by atoms with van der Waals surface area (Å²) in [7, 11) is 3.60. The minimum atomic E-state index is -0.755. The number of carboxylic acid groups (broad SMARTS) is 1. The van der Waals surface area contributed by atoms with Gasteiger partial charge in [-0.2, -0.15) is 0 Å². The lowest BCUT2D eigenvalue weighted by molar-refractivity contribution is -0.142. The van der Waals surface area contributed by atoms with E-state index < -0.39 is 17.7 Å². The van der Waals surface area contributed by atoms with Crippen molar-refractivity contribution in [2.75, 3.05) is 14.2 Å². The van der Waals surface area contributed by atoms with Crippen LogP contribution in [0.25, 0.3) is 11.1 Å². The first-order chi connectivity index (χ1) is 19.5. The molecule has 1 N–H and O–H groups in total. The normalized spacial score (nSPS) is 18.4. The van der Waals surface area contributed by atoms with E-state index in [1.165, 1.54) is 13.3 Å². The van der Waals surface area contributed by atoms with Crippen molar-refractivity contribution in [2.45, 2.75) is 77.5 Å². The van der Waals surface area contributed by atoms with Crippen molar-refractivity contribution < 1.29 is 23.8 Å². The average molecular weight is 561 g/mol. The number of aromatic nitrogens is 1. The van der Waals surface area contributed by atoms with E-state index in [0.717, 1.165) is 59.3 Å². The van der Waals surface area contributed by atoms with Crippen LogP contribution in [0.3, 0.4) is 0 Å². The summed E-state index contributed by atoms with van der Waals surface area (Å²) in [6.45, 7) is 8.91. The molecule has 2 heterocycles. The monoisotopic (exact) mass is 560 g/mol. The zero-order valence-corrected chi connectivity index (χ0v) is 24.9. The molecule has 6 nitrogen and oxygen atoms in total. The summed E-state index contributed by atoms with van der Waals surface area (Å²) in [5, 5.41) is 9.74. The Balaban J connectivity index is 1.48. The van der Waals surface area contributed by atoms with Gasteiger partial charge >= 0.3 is 5.97 Å². The zero-order chi connectivity index (χ0) is 29.5. The number of aliphatic carboxylic acids is 1. The van der Waals surface area contributed by atoms with E-state index in [2.05, 4.69) is 62.0 Å². The summed E-state index contributed by atoms with van der Waals surface area (Å²) in [4.78, 5) is 18.1. The minimum absolute atomic E-state index is 0.00662. The predicted molar refractivity (Wildman–Crippen MR) is 158 cm³/mol. The Hall–Kier alpha value is -3.45. The molecule has 1 fully saturated rings. The summed E-state index contributed by atoms with van der Waals surface area (Å²) < 4.78 is 26.9. The lowest BCUT2D eigenvalue weighted by Crippen LogP contribution is -2.37.